The monoisotopic (exact) mass is 358 g/mol. The highest BCUT2D eigenvalue weighted by molar-refractivity contribution is 5.29. The molecule has 2 fully saturated rings. The molecule has 1 unspecified atom stereocenters. The molecular formula is C20H27FN4O. The van der Waals surface area contributed by atoms with E-state index in [1.807, 2.05) is 18.5 Å². The number of hydrogen-bond acceptors (Lipinski definition) is 4. The lowest BCUT2D eigenvalue weighted by molar-refractivity contribution is 0.0855. The smallest absolute Gasteiger partial charge is 0.127 e. The molecular weight excluding hydrogens is 331 g/mol. The van der Waals surface area contributed by atoms with E-state index in [9.17, 15) is 4.39 Å². The average Bonchev–Trinajstić information content (AvgIpc) is 3.28. The zero-order valence-electron chi connectivity index (χ0n) is 15.4. The van der Waals surface area contributed by atoms with Crippen molar-refractivity contribution in [1.82, 2.24) is 19.8 Å². The highest BCUT2D eigenvalue weighted by atomic mass is 19.1. The lowest BCUT2D eigenvalue weighted by Crippen LogP contribution is -2.44. The summed E-state index contributed by atoms with van der Waals surface area (Å²) in [5, 5.41) is 0. The lowest BCUT2D eigenvalue weighted by atomic mass is 9.79. The minimum Gasteiger partial charge on any atom is -0.497 e. The molecule has 1 aromatic heterocycles. The predicted molar refractivity (Wildman–Crippen MR) is 98.4 cm³/mol. The fourth-order valence-electron chi connectivity index (χ4n) is 4.58. The lowest BCUT2D eigenvalue weighted by Gasteiger charge is -2.40. The summed E-state index contributed by atoms with van der Waals surface area (Å²) in [5.74, 6) is 1.61. The molecule has 1 atom stereocenters. The summed E-state index contributed by atoms with van der Waals surface area (Å²) in [6.45, 7) is 5.84. The third-order valence-electron chi connectivity index (χ3n) is 5.83. The minimum atomic E-state index is -0.142. The molecule has 3 heterocycles. The second kappa shape index (κ2) is 7.37. The first-order valence-electron chi connectivity index (χ1n) is 9.41. The van der Waals surface area contributed by atoms with Crippen LogP contribution in [0.25, 0.3) is 0 Å². The summed E-state index contributed by atoms with van der Waals surface area (Å²) in [6, 6.07) is 5.02. The Labute approximate surface area is 154 Å². The van der Waals surface area contributed by atoms with E-state index in [1.54, 1.807) is 13.2 Å². The van der Waals surface area contributed by atoms with E-state index in [-0.39, 0.29) is 5.82 Å². The van der Waals surface area contributed by atoms with Gasteiger partial charge in [0.15, 0.2) is 0 Å². The summed E-state index contributed by atoms with van der Waals surface area (Å²) in [4.78, 5) is 12.5. The fourth-order valence-corrected chi connectivity index (χ4v) is 4.58. The van der Waals surface area contributed by atoms with Gasteiger partial charge >= 0.3 is 0 Å². The Bertz CT molecular complexity index is 735. The van der Waals surface area contributed by atoms with E-state index in [4.69, 9.17) is 4.74 Å². The van der Waals surface area contributed by atoms with Crippen LogP contribution in [-0.4, -0.2) is 53.1 Å². The molecule has 2 saturated heterocycles. The first-order chi connectivity index (χ1) is 12.7. The largest absolute Gasteiger partial charge is 0.497 e. The first kappa shape index (κ1) is 17.5. The van der Waals surface area contributed by atoms with Crippen LogP contribution in [-0.2, 0) is 13.1 Å². The van der Waals surface area contributed by atoms with Gasteiger partial charge in [-0.25, -0.2) is 9.37 Å². The molecule has 26 heavy (non-hydrogen) atoms. The second-order valence-electron chi connectivity index (χ2n) is 7.77. The zero-order chi connectivity index (χ0) is 18.0. The number of methoxy groups -OCH3 is 1. The van der Waals surface area contributed by atoms with Crippen LogP contribution < -0.4 is 4.74 Å². The van der Waals surface area contributed by atoms with Crippen molar-refractivity contribution >= 4 is 0 Å². The van der Waals surface area contributed by atoms with E-state index >= 15 is 0 Å². The molecule has 1 N–H and O–H groups in total. The first-order valence-corrected chi connectivity index (χ1v) is 9.41. The Morgan fingerprint density at radius 1 is 1.19 bits per heavy atom. The van der Waals surface area contributed by atoms with Crippen LogP contribution in [0.3, 0.4) is 0 Å². The number of likely N-dealkylation sites (tertiary alicyclic amines) is 2. The molecule has 2 aliphatic rings. The van der Waals surface area contributed by atoms with Crippen molar-refractivity contribution in [3.63, 3.8) is 0 Å². The van der Waals surface area contributed by atoms with Gasteiger partial charge in [-0.2, -0.15) is 0 Å². The predicted octanol–water partition coefficient (Wildman–Crippen LogP) is 3.05. The van der Waals surface area contributed by atoms with Crippen molar-refractivity contribution in [2.75, 3.05) is 33.3 Å². The molecule has 5 nitrogen and oxygen atoms in total. The van der Waals surface area contributed by atoms with Gasteiger partial charge < -0.3 is 9.72 Å². The van der Waals surface area contributed by atoms with Crippen molar-refractivity contribution in [3.05, 3.63) is 47.8 Å². The normalized spacial score (nSPS) is 24.4. The molecule has 1 spiro atoms. The van der Waals surface area contributed by atoms with Crippen LogP contribution >= 0.6 is 0 Å². The molecule has 1 aromatic carbocycles. The Kier molecular flexibility index (Phi) is 4.96. The molecule has 4 rings (SSSR count). The summed E-state index contributed by atoms with van der Waals surface area (Å²) < 4.78 is 19.5. The summed E-state index contributed by atoms with van der Waals surface area (Å²) >= 11 is 0. The van der Waals surface area contributed by atoms with Crippen molar-refractivity contribution in [3.8, 4) is 5.75 Å². The van der Waals surface area contributed by atoms with Crippen molar-refractivity contribution in [2.45, 2.75) is 32.4 Å². The van der Waals surface area contributed by atoms with Gasteiger partial charge in [0.05, 0.1) is 13.7 Å². The maximum absolute atomic E-state index is 14.2. The van der Waals surface area contributed by atoms with Gasteiger partial charge in [0.25, 0.3) is 0 Å². The number of imidazole rings is 1. The quantitative estimate of drug-likeness (QED) is 0.892. The minimum absolute atomic E-state index is 0.142. The topological polar surface area (TPSA) is 44.4 Å². The van der Waals surface area contributed by atoms with Crippen LogP contribution in [0.5, 0.6) is 5.75 Å². The van der Waals surface area contributed by atoms with E-state index in [2.05, 4.69) is 19.8 Å². The summed E-state index contributed by atoms with van der Waals surface area (Å²) in [7, 11) is 1.62. The summed E-state index contributed by atoms with van der Waals surface area (Å²) in [5.41, 5.74) is 1.06. The van der Waals surface area contributed by atoms with Crippen LogP contribution in [0.4, 0.5) is 4.39 Å². The number of hydrogen-bond donors (Lipinski definition) is 1. The van der Waals surface area contributed by atoms with E-state index < -0.39 is 0 Å². The Balaban J connectivity index is 1.40. The standard InChI is InChI=1S/C20H27FN4O/c1-26-17-3-4-18(21)16(11-17)12-24-9-2-5-20(14-24)6-10-25(15-20)13-19-22-7-8-23-19/h3-4,7-8,11H,2,5-6,9-10,12-15H2,1H3,(H,22,23). The molecule has 140 valence electrons. The number of halogens is 1. The SMILES string of the molecule is COc1ccc(F)c(CN2CCCC3(CCN(Cc4ncc[nH]4)C3)C2)c1. The van der Waals surface area contributed by atoms with Gasteiger partial charge in [0, 0.05) is 37.6 Å². The molecule has 6 heteroatoms. The molecule has 2 aliphatic heterocycles. The molecule has 0 saturated carbocycles. The summed E-state index contributed by atoms with van der Waals surface area (Å²) in [6.07, 6.45) is 7.35. The van der Waals surface area contributed by atoms with Crippen LogP contribution in [0.1, 0.15) is 30.7 Å². The average molecular weight is 358 g/mol. The van der Waals surface area contributed by atoms with E-state index in [0.717, 1.165) is 49.9 Å². The molecule has 2 aromatic rings. The zero-order valence-corrected chi connectivity index (χ0v) is 15.4. The number of aromatic nitrogens is 2. The fraction of sp³-hybridized carbons (Fsp3) is 0.550. The van der Waals surface area contributed by atoms with Crippen molar-refractivity contribution in [1.29, 1.82) is 0 Å². The van der Waals surface area contributed by atoms with Gasteiger partial charge in [0.1, 0.15) is 17.4 Å². The number of nitrogens with zero attached hydrogens (tertiary/aromatic N) is 3. The molecule has 0 aliphatic carbocycles. The number of nitrogens with one attached hydrogen (secondary N) is 1. The van der Waals surface area contributed by atoms with Gasteiger partial charge in [-0.3, -0.25) is 9.80 Å². The highest BCUT2D eigenvalue weighted by Crippen LogP contribution is 2.39. The Morgan fingerprint density at radius 2 is 2.04 bits per heavy atom. The van der Waals surface area contributed by atoms with E-state index in [1.165, 1.54) is 25.3 Å². The third-order valence-corrected chi connectivity index (χ3v) is 5.83. The molecule has 0 radical (unpaired) electrons. The maximum atomic E-state index is 14.2. The van der Waals surface area contributed by atoms with Crippen LogP contribution in [0.2, 0.25) is 0 Å². The van der Waals surface area contributed by atoms with Crippen LogP contribution in [0.15, 0.2) is 30.6 Å². The Hall–Kier alpha value is -1.92. The highest BCUT2D eigenvalue weighted by Gasteiger charge is 2.41. The van der Waals surface area contributed by atoms with Crippen LogP contribution in [0, 0.1) is 11.2 Å². The number of rotatable bonds is 5. The number of ether oxygens (including phenoxy) is 1. The number of piperidine rings is 1. The molecule has 0 amide bonds. The number of aromatic amines is 1. The van der Waals surface area contributed by atoms with Crippen molar-refractivity contribution in [2.24, 2.45) is 5.41 Å². The second-order valence-corrected chi connectivity index (χ2v) is 7.77. The number of H-pyrrole nitrogens is 1. The van der Waals surface area contributed by atoms with Gasteiger partial charge in [-0.1, -0.05) is 0 Å². The maximum Gasteiger partial charge on any atom is 0.127 e. The number of benzene rings is 1. The Morgan fingerprint density at radius 3 is 2.81 bits per heavy atom. The van der Waals surface area contributed by atoms with Crippen molar-refractivity contribution < 1.29 is 9.13 Å². The van der Waals surface area contributed by atoms with E-state index in [0.29, 0.717) is 12.0 Å². The molecule has 0 bridgehead atoms. The van der Waals surface area contributed by atoms with Gasteiger partial charge in [0.2, 0.25) is 0 Å². The third kappa shape index (κ3) is 3.76. The van der Waals surface area contributed by atoms with Gasteiger partial charge in [-0.15, -0.1) is 0 Å². The van der Waals surface area contributed by atoms with Gasteiger partial charge in [-0.05, 0) is 56.0 Å².